The molecule has 0 aromatic heterocycles. The number of benzene rings is 1. The Morgan fingerprint density at radius 2 is 1.81 bits per heavy atom. The zero-order valence-electron chi connectivity index (χ0n) is 16.4. The fraction of sp³-hybridized carbons (Fsp3) is 0.652. The summed E-state index contributed by atoms with van der Waals surface area (Å²) >= 11 is 0. The molecule has 0 bridgehead atoms. The van der Waals surface area contributed by atoms with Crippen molar-refractivity contribution in [3.8, 4) is 5.75 Å². The molecule has 3 heteroatoms. The van der Waals surface area contributed by atoms with Gasteiger partial charge in [-0.05, 0) is 68.9 Å². The maximum absolute atomic E-state index is 14.1. The van der Waals surface area contributed by atoms with Crippen molar-refractivity contribution in [3.05, 3.63) is 41.5 Å². The largest absolute Gasteiger partial charge is 0.491 e. The number of unbranched alkanes of at least 4 members (excludes halogenated alkanes) is 2. The molecule has 1 aliphatic rings. The van der Waals surface area contributed by atoms with Crippen molar-refractivity contribution < 1.29 is 13.5 Å². The van der Waals surface area contributed by atoms with Gasteiger partial charge in [-0.1, -0.05) is 50.8 Å². The van der Waals surface area contributed by atoms with E-state index in [9.17, 15) is 8.78 Å². The SMILES string of the molecule is CCCCCC1CCC(/C=C/CCc2ccc(OCC)c(F)c2F)CC1. The van der Waals surface area contributed by atoms with Crippen LogP contribution in [0.1, 0.15) is 77.2 Å². The topological polar surface area (TPSA) is 9.23 Å². The molecule has 0 saturated heterocycles. The lowest BCUT2D eigenvalue weighted by Gasteiger charge is -2.26. The lowest BCUT2D eigenvalue weighted by molar-refractivity contribution is 0.289. The van der Waals surface area contributed by atoms with Crippen LogP contribution >= 0.6 is 0 Å². The van der Waals surface area contributed by atoms with Crippen molar-refractivity contribution in [2.24, 2.45) is 11.8 Å². The molecule has 1 fully saturated rings. The predicted octanol–water partition coefficient (Wildman–Crippen LogP) is 7.24. The van der Waals surface area contributed by atoms with Crippen molar-refractivity contribution in [1.29, 1.82) is 0 Å². The Morgan fingerprint density at radius 1 is 1.04 bits per heavy atom. The lowest BCUT2D eigenvalue weighted by Crippen LogP contribution is -2.13. The van der Waals surface area contributed by atoms with Crippen LogP contribution in [0.2, 0.25) is 0 Å². The third kappa shape index (κ3) is 6.41. The fourth-order valence-electron chi connectivity index (χ4n) is 3.91. The molecular weight excluding hydrogens is 330 g/mol. The van der Waals surface area contributed by atoms with E-state index in [1.165, 1.54) is 57.4 Å². The second-order valence-corrected chi connectivity index (χ2v) is 7.53. The van der Waals surface area contributed by atoms with Crippen molar-refractivity contribution in [2.75, 3.05) is 6.61 Å². The molecule has 0 amide bonds. The fourth-order valence-corrected chi connectivity index (χ4v) is 3.91. The lowest BCUT2D eigenvalue weighted by atomic mass is 9.79. The van der Waals surface area contributed by atoms with Gasteiger partial charge < -0.3 is 4.74 Å². The van der Waals surface area contributed by atoms with Gasteiger partial charge in [0.05, 0.1) is 6.61 Å². The first kappa shape index (κ1) is 20.9. The Morgan fingerprint density at radius 3 is 2.50 bits per heavy atom. The minimum absolute atomic E-state index is 0.0000105. The number of halogens is 2. The van der Waals surface area contributed by atoms with E-state index in [-0.39, 0.29) is 5.75 Å². The standard InChI is InChI=1S/C23H34F2O/c1-3-5-6-9-18-12-14-19(15-13-18)10-7-8-11-20-16-17-21(26-4-2)23(25)22(20)24/h7,10,16-19H,3-6,8-9,11-15H2,1-2H3/b10-7+. The zero-order chi connectivity index (χ0) is 18.8. The molecule has 1 nitrogen and oxygen atoms in total. The van der Waals surface area contributed by atoms with E-state index >= 15 is 0 Å². The number of ether oxygens (including phenoxy) is 1. The third-order valence-corrected chi connectivity index (χ3v) is 5.52. The van der Waals surface area contributed by atoms with Crippen molar-refractivity contribution in [1.82, 2.24) is 0 Å². The maximum Gasteiger partial charge on any atom is 0.200 e. The highest BCUT2D eigenvalue weighted by molar-refractivity contribution is 5.31. The summed E-state index contributed by atoms with van der Waals surface area (Å²) in [4.78, 5) is 0. The highest BCUT2D eigenvalue weighted by Crippen LogP contribution is 2.32. The highest BCUT2D eigenvalue weighted by Gasteiger charge is 2.19. The molecule has 146 valence electrons. The third-order valence-electron chi connectivity index (χ3n) is 5.52. The number of rotatable bonds is 10. The summed E-state index contributed by atoms with van der Waals surface area (Å²) in [5.74, 6) is -0.0434. The van der Waals surface area contributed by atoms with Crippen molar-refractivity contribution in [3.63, 3.8) is 0 Å². The summed E-state index contributed by atoms with van der Waals surface area (Å²) in [6.45, 7) is 4.35. The van der Waals surface area contributed by atoms with Crippen molar-refractivity contribution >= 4 is 0 Å². The van der Waals surface area contributed by atoms with Crippen LogP contribution in [0.3, 0.4) is 0 Å². The molecule has 1 aromatic rings. The van der Waals surface area contributed by atoms with Crippen LogP contribution < -0.4 is 4.74 Å². The van der Waals surface area contributed by atoms with E-state index in [0.29, 0.717) is 24.5 Å². The molecule has 0 aliphatic heterocycles. The predicted molar refractivity (Wildman–Crippen MR) is 105 cm³/mol. The molecule has 2 rings (SSSR count). The Hall–Kier alpha value is -1.38. The molecule has 1 saturated carbocycles. The van der Waals surface area contributed by atoms with E-state index in [0.717, 1.165) is 12.3 Å². The number of hydrogen-bond donors (Lipinski definition) is 0. The maximum atomic E-state index is 14.1. The van der Waals surface area contributed by atoms with Crippen LogP contribution in [-0.2, 0) is 6.42 Å². The van der Waals surface area contributed by atoms with Gasteiger partial charge in [0, 0.05) is 0 Å². The van der Waals surface area contributed by atoms with Crippen LogP contribution in [0.5, 0.6) is 5.75 Å². The summed E-state index contributed by atoms with van der Waals surface area (Å²) in [7, 11) is 0. The normalized spacial score (nSPS) is 20.6. The van der Waals surface area contributed by atoms with Gasteiger partial charge in [0.25, 0.3) is 0 Å². The monoisotopic (exact) mass is 364 g/mol. The molecule has 0 heterocycles. The second-order valence-electron chi connectivity index (χ2n) is 7.53. The first-order valence-electron chi connectivity index (χ1n) is 10.4. The van der Waals surface area contributed by atoms with Gasteiger partial charge in [0.1, 0.15) is 0 Å². The molecular formula is C23H34F2O. The van der Waals surface area contributed by atoms with E-state index in [1.54, 1.807) is 13.0 Å². The summed E-state index contributed by atoms with van der Waals surface area (Å²) in [6.07, 6.45) is 16.4. The minimum atomic E-state index is -0.866. The molecule has 1 aliphatic carbocycles. The van der Waals surface area contributed by atoms with E-state index in [2.05, 4.69) is 19.1 Å². The smallest absolute Gasteiger partial charge is 0.200 e. The summed E-state index contributed by atoms with van der Waals surface area (Å²) < 4.78 is 33.0. The van der Waals surface area contributed by atoms with Gasteiger partial charge in [-0.2, -0.15) is 4.39 Å². The van der Waals surface area contributed by atoms with Crippen LogP contribution in [0.25, 0.3) is 0 Å². The molecule has 0 N–H and O–H groups in total. The molecule has 0 spiro atoms. The zero-order valence-corrected chi connectivity index (χ0v) is 16.4. The van der Waals surface area contributed by atoms with Crippen LogP contribution in [-0.4, -0.2) is 6.61 Å². The number of allylic oxidation sites excluding steroid dienone is 2. The quantitative estimate of drug-likeness (QED) is 0.314. The van der Waals surface area contributed by atoms with Gasteiger partial charge >= 0.3 is 0 Å². The van der Waals surface area contributed by atoms with Gasteiger partial charge in [0.2, 0.25) is 5.82 Å². The first-order valence-corrected chi connectivity index (χ1v) is 10.4. The Bertz CT molecular complexity index is 560. The number of aryl methyl sites for hydroxylation is 1. The van der Waals surface area contributed by atoms with Crippen LogP contribution in [0.15, 0.2) is 24.3 Å². The van der Waals surface area contributed by atoms with Crippen LogP contribution in [0, 0.1) is 23.5 Å². The molecule has 26 heavy (non-hydrogen) atoms. The van der Waals surface area contributed by atoms with Gasteiger partial charge in [-0.25, -0.2) is 4.39 Å². The average molecular weight is 365 g/mol. The summed E-state index contributed by atoms with van der Waals surface area (Å²) in [5.41, 5.74) is 0.426. The molecule has 0 radical (unpaired) electrons. The highest BCUT2D eigenvalue weighted by atomic mass is 19.2. The Kier molecular flexibility index (Phi) is 9.14. The second kappa shape index (κ2) is 11.4. The molecule has 0 unspecified atom stereocenters. The average Bonchev–Trinajstić information content (AvgIpc) is 2.65. The van der Waals surface area contributed by atoms with E-state index in [1.807, 2.05) is 0 Å². The van der Waals surface area contributed by atoms with Crippen LogP contribution in [0.4, 0.5) is 8.78 Å². The van der Waals surface area contributed by atoms with E-state index in [4.69, 9.17) is 4.74 Å². The summed E-state index contributed by atoms with van der Waals surface area (Å²) in [5, 5.41) is 0. The first-order chi connectivity index (χ1) is 12.7. The molecule has 1 aromatic carbocycles. The Balaban J connectivity index is 1.72. The Labute approximate surface area is 157 Å². The van der Waals surface area contributed by atoms with Crippen molar-refractivity contribution in [2.45, 2.75) is 78.1 Å². The van der Waals surface area contributed by atoms with Gasteiger partial charge in [-0.15, -0.1) is 0 Å². The molecule has 0 atom stereocenters. The summed E-state index contributed by atoms with van der Waals surface area (Å²) in [6, 6.07) is 3.17. The van der Waals surface area contributed by atoms with Gasteiger partial charge in [-0.3, -0.25) is 0 Å². The minimum Gasteiger partial charge on any atom is -0.491 e. The number of hydrogen-bond acceptors (Lipinski definition) is 1. The van der Waals surface area contributed by atoms with E-state index < -0.39 is 11.6 Å². The van der Waals surface area contributed by atoms with Gasteiger partial charge in [0.15, 0.2) is 11.6 Å².